The summed E-state index contributed by atoms with van der Waals surface area (Å²) in [5.41, 5.74) is -1.44. The highest BCUT2D eigenvalue weighted by atomic mass is 19.1. The van der Waals surface area contributed by atoms with E-state index < -0.39 is 39.8 Å². The van der Waals surface area contributed by atoms with Gasteiger partial charge in [0.1, 0.15) is 5.82 Å². The molecule has 2 N–H and O–H groups in total. The maximum Gasteiger partial charge on any atom is 0.307 e. The fourth-order valence-electron chi connectivity index (χ4n) is 1.80. The highest BCUT2D eigenvalue weighted by Crippen LogP contribution is 2.25. The van der Waals surface area contributed by atoms with Crippen LogP contribution >= 0.6 is 0 Å². The average molecular weight is 285 g/mol. The summed E-state index contributed by atoms with van der Waals surface area (Å²) >= 11 is 0. The first-order chi connectivity index (χ1) is 9.38. The fraction of sp³-hybridized carbons (Fsp3) is 0.273. The Morgan fingerprint density at radius 3 is 2.65 bits per heavy atom. The molecule has 0 aliphatic carbocycles. The van der Waals surface area contributed by atoms with Crippen LogP contribution in [0.2, 0.25) is 0 Å². The number of benzene rings is 1. The van der Waals surface area contributed by atoms with Gasteiger partial charge in [-0.15, -0.1) is 0 Å². The number of nitrogens with zero attached hydrogens (tertiary/aromatic N) is 1. The summed E-state index contributed by atoms with van der Waals surface area (Å²) in [4.78, 5) is 32.2. The Labute approximate surface area is 111 Å². The quantitative estimate of drug-likeness (QED) is 0.637. The van der Waals surface area contributed by atoms with Crippen LogP contribution in [0.1, 0.15) is 6.42 Å². The van der Waals surface area contributed by atoms with Crippen molar-refractivity contribution < 1.29 is 23.3 Å². The molecule has 0 bridgehead atoms. The molecule has 9 heteroatoms. The number of nitrogens with one attached hydrogen (secondary N) is 2. The molecule has 1 saturated heterocycles. The summed E-state index contributed by atoms with van der Waals surface area (Å²) in [6.07, 6.45) is -0.0449. The Hall–Kier alpha value is -2.58. The van der Waals surface area contributed by atoms with Gasteiger partial charge >= 0.3 is 5.69 Å². The number of carbonyl (C=O) groups excluding carboxylic acids is 2. The van der Waals surface area contributed by atoms with Crippen LogP contribution in [-0.2, 0) is 9.59 Å². The molecule has 7 nitrogen and oxygen atoms in total. The molecular formula is C11H9F2N3O4. The van der Waals surface area contributed by atoms with Gasteiger partial charge in [0.25, 0.3) is 0 Å². The molecule has 1 aliphatic heterocycles. The molecule has 0 radical (unpaired) electrons. The molecule has 1 heterocycles. The van der Waals surface area contributed by atoms with Gasteiger partial charge in [-0.25, -0.2) is 4.39 Å². The highest BCUT2D eigenvalue weighted by Gasteiger charge is 2.29. The summed E-state index contributed by atoms with van der Waals surface area (Å²) in [5.74, 6) is -4.12. The number of nitro benzene ring substituents is 1. The van der Waals surface area contributed by atoms with Crippen molar-refractivity contribution in [2.75, 3.05) is 11.9 Å². The molecule has 1 aromatic rings. The summed E-state index contributed by atoms with van der Waals surface area (Å²) in [6.45, 7) is 0.107. The molecule has 20 heavy (non-hydrogen) atoms. The Morgan fingerprint density at radius 1 is 1.40 bits per heavy atom. The van der Waals surface area contributed by atoms with E-state index in [1.165, 1.54) is 0 Å². The minimum absolute atomic E-state index is 0.0449. The predicted octanol–water partition coefficient (Wildman–Crippen LogP) is 0.948. The van der Waals surface area contributed by atoms with E-state index in [4.69, 9.17) is 0 Å². The molecule has 1 aromatic carbocycles. The smallest absolute Gasteiger partial charge is 0.307 e. The second-order valence-corrected chi connectivity index (χ2v) is 4.23. The SMILES string of the molecule is O=C1CC(C(=O)Nc2cc([N+](=O)[O-])c(F)cc2F)CN1. The molecule has 0 saturated carbocycles. The Morgan fingerprint density at radius 2 is 2.10 bits per heavy atom. The molecule has 0 aromatic heterocycles. The van der Waals surface area contributed by atoms with E-state index in [2.05, 4.69) is 10.6 Å². The number of anilines is 1. The zero-order valence-electron chi connectivity index (χ0n) is 9.98. The summed E-state index contributed by atoms with van der Waals surface area (Å²) in [6, 6.07) is 0.929. The van der Waals surface area contributed by atoms with Crippen LogP contribution in [0.15, 0.2) is 12.1 Å². The van der Waals surface area contributed by atoms with Gasteiger partial charge in [-0.2, -0.15) is 4.39 Å². The number of carbonyl (C=O) groups is 2. The van der Waals surface area contributed by atoms with Gasteiger partial charge < -0.3 is 10.6 Å². The van der Waals surface area contributed by atoms with Crippen LogP contribution in [0.4, 0.5) is 20.2 Å². The lowest BCUT2D eigenvalue weighted by Gasteiger charge is -2.10. The number of hydrogen-bond acceptors (Lipinski definition) is 4. The second-order valence-electron chi connectivity index (χ2n) is 4.23. The van der Waals surface area contributed by atoms with Crippen LogP contribution in [-0.4, -0.2) is 23.3 Å². The average Bonchev–Trinajstić information content (AvgIpc) is 2.79. The summed E-state index contributed by atoms with van der Waals surface area (Å²) in [5, 5.41) is 15.1. The van der Waals surface area contributed by atoms with Crippen molar-refractivity contribution in [2.24, 2.45) is 5.92 Å². The maximum absolute atomic E-state index is 13.5. The fourth-order valence-corrected chi connectivity index (χ4v) is 1.80. The number of halogens is 2. The first-order valence-corrected chi connectivity index (χ1v) is 5.59. The van der Waals surface area contributed by atoms with Crippen molar-refractivity contribution in [1.82, 2.24) is 5.32 Å². The molecule has 2 amide bonds. The van der Waals surface area contributed by atoms with Gasteiger partial charge in [-0.3, -0.25) is 19.7 Å². The normalized spacial score (nSPS) is 17.7. The second kappa shape index (κ2) is 5.19. The van der Waals surface area contributed by atoms with E-state index in [9.17, 15) is 28.5 Å². The maximum atomic E-state index is 13.5. The van der Waals surface area contributed by atoms with Crippen molar-refractivity contribution in [3.05, 3.63) is 33.9 Å². The largest absolute Gasteiger partial charge is 0.355 e. The minimum atomic E-state index is -1.33. The molecule has 1 fully saturated rings. The Balaban J connectivity index is 2.20. The summed E-state index contributed by atoms with van der Waals surface area (Å²) < 4.78 is 26.6. The summed E-state index contributed by atoms with van der Waals surface area (Å²) in [7, 11) is 0. The van der Waals surface area contributed by atoms with Gasteiger partial charge in [0, 0.05) is 25.1 Å². The zero-order chi connectivity index (χ0) is 14.9. The van der Waals surface area contributed by atoms with E-state index in [0.717, 1.165) is 0 Å². The lowest BCUT2D eigenvalue weighted by Crippen LogP contribution is -2.25. The van der Waals surface area contributed by atoms with E-state index in [-0.39, 0.29) is 18.9 Å². The van der Waals surface area contributed by atoms with E-state index in [0.29, 0.717) is 12.1 Å². The lowest BCUT2D eigenvalue weighted by molar-refractivity contribution is -0.387. The van der Waals surface area contributed by atoms with Crippen molar-refractivity contribution in [3.63, 3.8) is 0 Å². The lowest BCUT2D eigenvalue weighted by atomic mass is 10.1. The number of nitro groups is 1. The zero-order valence-corrected chi connectivity index (χ0v) is 9.98. The number of rotatable bonds is 3. The molecule has 1 unspecified atom stereocenters. The van der Waals surface area contributed by atoms with Crippen molar-refractivity contribution in [3.8, 4) is 0 Å². The Kier molecular flexibility index (Phi) is 3.59. The van der Waals surface area contributed by atoms with Gasteiger partial charge in [-0.05, 0) is 0 Å². The number of amides is 2. The van der Waals surface area contributed by atoms with Crippen LogP contribution in [0, 0.1) is 27.7 Å². The first kappa shape index (κ1) is 13.8. The van der Waals surface area contributed by atoms with Crippen LogP contribution in [0.3, 0.4) is 0 Å². The van der Waals surface area contributed by atoms with E-state index >= 15 is 0 Å². The van der Waals surface area contributed by atoms with Crippen LogP contribution in [0.25, 0.3) is 0 Å². The third-order valence-corrected chi connectivity index (χ3v) is 2.84. The minimum Gasteiger partial charge on any atom is -0.355 e. The third-order valence-electron chi connectivity index (χ3n) is 2.84. The van der Waals surface area contributed by atoms with Gasteiger partial charge in [0.2, 0.25) is 17.6 Å². The van der Waals surface area contributed by atoms with E-state index in [1.807, 2.05) is 0 Å². The highest BCUT2D eigenvalue weighted by molar-refractivity contribution is 5.97. The van der Waals surface area contributed by atoms with Gasteiger partial charge in [0.05, 0.1) is 16.5 Å². The molecular weight excluding hydrogens is 276 g/mol. The van der Waals surface area contributed by atoms with Crippen LogP contribution in [0.5, 0.6) is 0 Å². The van der Waals surface area contributed by atoms with Gasteiger partial charge in [0.15, 0.2) is 0 Å². The van der Waals surface area contributed by atoms with E-state index in [1.54, 1.807) is 0 Å². The van der Waals surface area contributed by atoms with Crippen molar-refractivity contribution in [2.45, 2.75) is 6.42 Å². The molecule has 0 spiro atoms. The topological polar surface area (TPSA) is 101 Å². The van der Waals surface area contributed by atoms with Crippen LogP contribution < -0.4 is 10.6 Å². The first-order valence-electron chi connectivity index (χ1n) is 5.59. The number of hydrogen-bond donors (Lipinski definition) is 2. The van der Waals surface area contributed by atoms with Gasteiger partial charge in [-0.1, -0.05) is 0 Å². The standard InChI is InChI=1S/C11H9F2N3O4/c12-6-2-7(13)9(16(19)20)3-8(6)15-11(18)5-1-10(17)14-4-5/h2-3,5H,1,4H2,(H,14,17)(H,15,18). The van der Waals surface area contributed by atoms with Crippen molar-refractivity contribution in [1.29, 1.82) is 0 Å². The molecule has 106 valence electrons. The molecule has 1 aliphatic rings. The Bertz CT molecular complexity index is 606. The third kappa shape index (κ3) is 2.71. The predicted molar refractivity (Wildman–Crippen MR) is 62.8 cm³/mol. The molecule has 2 rings (SSSR count). The van der Waals surface area contributed by atoms with Crippen molar-refractivity contribution >= 4 is 23.2 Å². The monoisotopic (exact) mass is 285 g/mol. The molecule has 1 atom stereocenters.